The molecule has 1 N–H and O–H groups in total. The maximum Gasteiger partial charge on any atom is 0.244 e. The van der Waals surface area contributed by atoms with Crippen molar-refractivity contribution in [3.05, 3.63) is 64.2 Å². The lowest BCUT2D eigenvalue weighted by Crippen LogP contribution is -2.49. The Morgan fingerprint density at radius 1 is 1.18 bits per heavy atom. The maximum atomic E-state index is 13.1. The van der Waals surface area contributed by atoms with Crippen molar-refractivity contribution in [2.24, 2.45) is 0 Å². The van der Waals surface area contributed by atoms with Crippen molar-refractivity contribution in [1.29, 1.82) is 0 Å². The minimum atomic E-state index is -3.71. The van der Waals surface area contributed by atoms with E-state index < -0.39 is 16.1 Å². The van der Waals surface area contributed by atoms with E-state index in [2.05, 4.69) is 22.3 Å². The summed E-state index contributed by atoms with van der Waals surface area (Å²) in [6.07, 6.45) is 1.42. The lowest BCUT2D eigenvalue weighted by atomic mass is 10.1. The second-order valence-electron chi connectivity index (χ2n) is 8.34. The normalized spacial score (nSPS) is 15.8. The van der Waals surface area contributed by atoms with Crippen LogP contribution in [0.4, 0.5) is 5.69 Å². The third-order valence-electron chi connectivity index (χ3n) is 5.71. The number of hydrogen-bond acceptors (Lipinski definition) is 5. The fourth-order valence-corrected chi connectivity index (χ4v) is 5.32. The Hall–Kier alpha value is -2.13. The Labute approximate surface area is 201 Å². The van der Waals surface area contributed by atoms with Crippen LogP contribution < -0.4 is 9.62 Å². The zero-order valence-electron chi connectivity index (χ0n) is 19.4. The van der Waals surface area contributed by atoms with E-state index in [1.54, 1.807) is 25.1 Å². The molecule has 1 fully saturated rings. The topological polar surface area (TPSA) is 79.0 Å². The maximum absolute atomic E-state index is 13.1. The molecule has 33 heavy (non-hydrogen) atoms. The first kappa shape index (κ1) is 25.5. The first-order chi connectivity index (χ1) is 15.7. The van der Waals surface area contributed by atoms with Gasteiger partial charge in [-0.25, -0.2) is 8.42 Å². The largest absolute Gasteiger partial charge is 0.379 e. The molecule has 0 radical (unpaired) electrons. The number of aryl methyl sites for hydroxylation is 1. The van der Waals surface area contributed by atoms with Gasteiger partial charge in [-0.2, -0.15) is 0 Å². The molecule has 180 valence electrons. The number of sulfonamides is 1. The summed E-state index contributed by atoms with van der Waals surface area (Å²) >= 11 is 6.23. The minimum absolute atomic E-state index is 0.318. The Morgan fingerprint density at radius 2 is 1.88 bits per heavy atom. The molecule has 0 aliphatic carbocycles. The minimum Gasteiger partial charge on any atom is -0.379 e. The molecule has 3 rings (SSSR count). The van der Waals surface area contributed by atoms with Crippen LogP contribution in [0, 0.1) is 6.92 Å². The highest BCUT2D eigenvalue weighted by Crippen LogP contribution is 2.27. The van der Waals surface area contributed by atoms with Crippen molar-refractivity contribution >= 4 is 33.2 Å². The molecule has 1 aliphatic heterocycles. The molecule has 1 aliphatic rings. The van der Waals surface area contributed by atoms with Gasteiger partial charge >= 0.3 is 0 Å². The summed E-state index contributed by atoms with van der Waals surface area (Å²) in [5.74, 6) is -0.349. The van der Waals surface area contributed by atoms with Crippen LogP contribution in [0.15, 0.2) is 42.5 Å². The average molecular weight is 494 g/mol. The van der Waals surface area contributed by atoms with Gasteiger partial charge in [0, 0.05) is 31.2 Å². The quantitative estimate of drug-likeness (QED) is 0.579. The van der Waals surface area contributed by atoms with Crippen LogP contribution >= 0.6 is 11.6 Å². The van der Waals surface area contributed by atoms with Crippen LogP contribution in [0.5, 0.6) is 0 Å². The SMILES string of the molecule is CC[C@H](C(=O)NCc1cccc(CN2CCOCC2)c1)N(c1ccc(C)c(Cl)c1)S(C)(=O)=O. The van der Waals surface area contributed by atoms with Crippen molar-refractivity contribution in [3.63, 3.8) is 0 Å². The lowest BCUT2D eigenvalue weighted by molar-refractivity contribution is -0.122. The molecule has 2 aromatic carbocycles. The molecule has 0 spiro atoms. The smallest absolute Gasteiger partial charge is 0.244 e. The lowest BCUT2D eigenvalue weighted by Gasteiger charge is -2.30. The van der Waals surface area contributed by atoms with E-state index in [4.69, 9.17) is 16.3 Å². The summed E-state index contributed by atoms with van der Waals surface area (Å²) < 4.78 is 31.8. The monoisotopic (exact) mass is 493 g/mol. The molecule has 1 saturated heterocycles. The van der Waals surface area contributed by atoms with E-state index in [1.807, 2.05) is 19.1 Å². The summed E-state index contributed by atoms with van der Waals surface area (Å²) in [6, 6.07) is 12.2. The molecule has 0 bridgehead atoms. The predicted molar refractivity (Wildman–Crippen MR) is 132 cm³/mol. The Morgan fingerprint density at radius 3 is 2.52 bits per heavy atom. The number of carbonyl (C=O) groups excluding carboxylic acids is 1. The van der Waals surface area contributed by atoms with E-state index in [0.29, 0.717) is 23.7 Å². The molecule has 1 amide bonds. The predicted octanol–water partition coefficient (Wildman–Crippen LogP) is 3.34. The molecule has 0 aromatic heterocycles. The highest BCUT2D eigenvalue weighted by Gasteiger charge is 2.31. The van der Waals surface area contributed by atoms with Gasteiger partial charge in [-0.05, 0) is 42.2 Å². The standard InChI is InChI=1S/C24H32ClN3O4S/c1-4-23(28(33(3,30)31)21-9-8-18(2)22(25)15-21)24(29)26-16-19-6-5-7-20(14-19)17-27-10-12-32-13-11-27/h5-9,14-15,23H,4,10-13,16-17H2,1-3H3,(H,26,29)/t23-/m1/s1. The van der Waals surface area contributed by atoms with Crippen LogP contribution in [-0.4, -0.2) is 57.8 Å². The van der Waals surface area contributed by atoms with Crippen molar-refractivity contribution in [1.82, 2.24) is 10.2 Å². The zero-order chi connectivity index (χ0) is 24.0. The molecular weight excluding hydrogens is 462 g/mol. The summed E-state index contributed by atoms with van der Waals surface area (Å²) in [7, 11) is -3.71. The van der Waals surface area contributed by atoms with Gasteiger partial charge in [0.2, 0.25) is 15.9 Å². The fourth-order valence-electron chi connectivity index (χ4n) is 3.94. The van der Waals surface area contributed by atoms with Gasteiger partial charge in [0.1, 0.15) is 6.04 Å². The molecule has 7 nitrogen and oxygen atoms in total. The number of halogens is 1. The molecule has 0 saturated carbocycles. The second-order valence-corrected chi connectivity index (χ2v) is 10.6. The molecule has 0 unspecified atom stereocenters. The van der Waals surface area contributed by atoms with E-state index >= 15 is 0 Å². The van der Waals surface area contributed by atoms with Gasteiger partial charge in [-0.15, -0.1) is 0 Å². The van der Waals surface area contributed by atoms with Gasteiger partial charge in [0.15, 0.2) is 0 Å². The van der Waals surface area contributed by atoms with Crippen molar-refractivity contribution in [3.8, 4) is 0 Å². The van der Waals surface area contributed by atoms with E-state index in [9.17, 15) is 13.2 Å². The number of anilines is 1. The molecule has 1 atom stereocenters. The zero-order valence-corrected chi connectivity index (χ0v) is 21.0. The van der Waals surface area contributed by atoms with Crippen LogP contribution in [0.3, 0.4) is 0 Å². The van der Waals surface area contributed by atoms with Crippen LogP contribution in [-0.2, 0) is 32.6 Å². The average Bonchev–Trinajstić information content (AvgIpc) is 2.78. The van der Waals surface area contributed by atoms with Crippen molar-refractivity contribution in [2.75, 3.05) is 36.9 Å². The van der Waals surface area contributed by atoms with E-state index in [-0.39, 0.29) is 5.91 Å². The Kier molecular flexibility index (Phi) is 8.75. The van der Waals surface area contributed by atoms with E-state index in [0.717, 1.165) is 54.5 Å². The second kappa shape index (κ2) is 11.3. The number of ether oxygens (including phenoxy) is 1. The van der Waals surface area contributed by atoms with Crippen LogP contribution in [0.1, 0.15) is 30.0 Å². The third kappa shape index (κ3) is 6.93. The highest BCUT2D eigenvalue weighted by atomic mass is 35.5. The van der Waals surface area contributed by atoms with Crippen molar-refractivity contribution < 1.29 is 17.9 Å². The first-order valence-electron chi connectivity index (χ1n) is 11.1. The van der Waals surface area contributed by atoms with Gasteiger partial charge in [0.05, 0.1) is 25.2 Å². The number of nitrogens with zero attached hydrogens (tertiary/aromatic N) is 2. The first-order valence-corrected chi connectivity index (χ1v) is 13.3. The Bertz CT molecular complexity index is 1070. The number of rotatable bonds is 9. The van der Waals surface area contributed by atoms with Gasteiger partial charge in [0.25, 0.3) is 0 Å². The summed E-state index contributed by atoms with van der Waals surface area (Å²) in [6.45, 7) is 8.09. The molecular formula is C24H32ClN3O4S. The number of carbonyl (C=O) groups is 1. The summed E-state index contributed by atoms with van der Waals surface area (Å²) in [5.41, 5.74) is 3.35. The highest BCUT2D eigenvalue weighted by molar-refractivity contribution is 7.92. The number of amides is 1. The number of morpholine rings is 1. The van der Waals surface area contributed by atoms with Crippen LogP contribution in [0.2, 0.25) is 5.02 Å². The van der Waals surface area contributed by atoms with E-state index in [1.165, 1.54) is 5.56 Å². The van der Waals surface area contributed by atoms with Gasteiger partial charge in [-0.3, -0.25) is 14.0 Å². The van der Waals surface area contributed by atoms with Crippen LogP contribution in [0.25, 0.3) is 0 Å². The molecule has 9 heteroatoms. The van der Waals surface area contributed by atoms with Crippen molar-refractivity contribution in [2.45, 2.75) is 39.4 Å². The van der Waals surface area contributed by atoms with Gasteiger partial charge < -0.3 is 10.1 Å². The fraction of sp³-hybridized carbons (Fsp3) is 0.458. The summed E-state index contributed by atoms with van der Waals surface area (Å²) in [5, 5.41) is 3.37. The summed E-state index contributed by atoms with van der Waals surface area (Å²) in [4.78, 5) is 15.4. The van der Waals surface area contributed by atoms with Gasteiger partial charge in [-0.1, -0.05) is 48.9 Å². The molecule has 2 aromatic rings. The third-order valence-corrected chi connectivity index (χ3v) is 7.29. The Balaban J connectivity index is 1.71. The number of nitrogens with one attached hydrogen (secondary N) is 1. The number of hydrogen-bond donors (Lipinski definition) is 1. The number of benzene rings is 2. The molecule has 1 heterocycles.